The Kier molecular flexibility index (Phi) is 6.38. The van der Waals surface area contributed by atoms with Gasteiger partial charge in [-0.05, 0) is 87.4 Å². The number of aryl methyl sites for hydroxylation is 2. The number of carbonyl (C=O) groups is 1. The highest BCUT2D eigenvalue weighted by Gasteiger charge is 2.16. The molecule has 2 aromatic carbocycles. The van der Waals surface area contributed by atoms with Crippen molar-refractivity contribution in [3.8, 4) is 11.5 Å². The quantitative estimate of drug-likeness (QED) is 0.787. The maximum absolute atomic E-state index is 12.4. The Balaban J connectivity index is 1.50. The zero-order valence-electron chi connectivity index (χ0n) is 16.5. The van der Waals surface area contributed by atoms with Gasteiger partial charge in [0, 0.05) is 6.54 Å². The van der Waals surface area contributed by atoms with Gasteiger partial charge in [-0.2, -0.15) is 0 Å². The average Bonchev–Trinajstić information content (AvgIpc) is 2.66. The molecule has 4 nitrogen and oxygen atoms in total. The van der Waals surface area contributed by atoms with Gasteiger partial charge in [-0.15, -0.1) is 0 Å². The number of fused-ring (bicyclic) bond motifs is 1. The van der Waals surface area contributed by atoms with Crippen molar-refractivity contribution < 1.29 is 14.3 Å². The van der Waals surface area contributed by atoms with E-state index >= 15 is 0 Å². The molecule has 0 aromatic heterocycles. The lowest BCUT2D eigenvalue weighted by Crippen LogP contribution is -2.35. The number of rotatable bonds is 7. The van der Waals surface area contributed by atoms with Crippen LogP contribution >= 0.6 is 0 Å². The first-order chi connectivity index (χ1) is 13.0. The lowest BCUT2D eigenvalue weighted by Gasteiger charge is -2.19. The van der Waals surface area contributed by atoms with Crippen LogP contribution in [-0.4, -0.2) is 18.1 Å². The van der Waals surface area contributed by atoms with Crippen LogP contribution in [0.1, 0.15) is 50.3 Å². The standard InChI is InChI=1S/C23H29NO3/c1-16(2)26-21-11-8-18(9-12-21)15-24-23(25)17(3)27-22-13-10-19-6-4-5-7-20(19)14-22/h8-14,16-17H,4-7,15H2,1-3H3,(H,24,25). The molecule has 4 heteroatoms. The molecule has 1 amide bonds. The summed E-state index contributed by atoms with van der Waals surface area (Å²) in [6, 6.07) is 14.0. The molecule has 0 saturated carbocycles. The summed E-state index contributed by atoms with van der Waals surface area (Å²) in [7, 11) is 0. The molecule has 1 aliphatic carbocycles. The Hall–Kier alpha value is -2.49. The van der Waals surface area contributed by atoms with Gasteiger partial charge in [-0.3, -0.25) is 4.79 Å². The first-order valence-electron chi connectivity index (χ1n) is 9.83. The lowest BCUT2D eigenvalue weighted by molar-refractivity contribution is -0.127. The molecule has 27 heavy (non-hydrogen) atoms. The van der Waals surface area contributed by atoms with Gasteiger partial charge in [-0.25, -0.2) is 0 Å². The minimum atomic E-state index is -0.532. The average molecular weight is 367 g/mol. The molecular formula is C23H29NO3. The first-order valence-corrected chi connectivity index (χ1v) is 9.83. The molecule has 0 spiro atoms. The van der Waals surface area contributed by atoms with E-state index in [0.717, 1.165) is 29.9 Å². The van der Waals surface area contributed by atoms with Gasteiger partial charge in [0.25, 0.3) is 5.91 Å². The third-order valence-electron chi connectivity index (χ3n) is 4.76. The number of hydrogen-bond acceptors (Lipinski definition) is 3. The highest BCUT2D eigenvalue weighted by Crippen LogP contribution is 2.25. The molecule has 2 aromatic rings. The van der Waals surface area contributed by atoms with Crippen LogP contribution in [-0.2, 0) is 24.2 Å². The van der Waals surface area contributed by atoms with E-state index in [1.807, 2.05) is 44.2 Å². The minimum absolute atomic E-state index is 0.116. The van der Waals surface area contributed by atoms with Gasteiger partial charge in [0.15, 0.2) is 6.10 Å². The van der Waals surface area contributed by atoms with Crippen LogP contribution < -0.4 is 14.8 Å². The van der Waals surface area contributed by atoms with Crippen LogP contribution in [0.5, 0.6) is 11.5 Å². The topological polar surface area (TPSA) is 47.6 Å². The van der Waals surface area contributed by atoms with E-state index in [0.29, 0.717) is 6.54 Å². The van der Waals surface area contributed by atoms with Crippen molar-refractivity contribution in [2.45, 2.75) is 65.2 Å². The maximum atomic E-state index is 12.4. The van der Waals surface area contributed by atoms with E-state index in [1.165, 1.54) is 24.0 Å². The van der Waals surface area contributed by atoms with Crippen molar-refractivity contribution in [2.75, 3.05) is 0 Å². The maximum Gasteiger partial charge on any atom is 0.261 e. The van der Waals surface area contributed by atoms with E-state index in [4.69, 9.17) is 9.47 Å². The molecule has 1 N–H and O–H groups in total. The Bertz CT molecular complexity index is 768. The van der Waals surface area contributed by atoms with Crippen molar-refractivity contribution in [3.05, 3.63) is 59.2 Å². The molecule has 1 atom stereocenters. The van der Waals surface area contributed by atoms with E-state index < -0.39 is 6.10 Å². The van der Waals surface area contributed by atoms with E-state index in [2.05, 4.69) is 17.4 Å². The van der Waals surface area contributed by atoms with E-state index in [1.54, 1.807) is 6.92 Å². The van der Waals surface area contributed by atoms with Crippen LogP contribution in [0.4, 0.5) is 0 Å². The zero-order chi connectivity index (χ0) is 19.2. The smallest absolute Gasteiger partial charge is 0.261 e. The predicted molar refractivity (Wildman–Crippen MR) is 107 cm³/mol. The summed E-state index contributed by atoms with van der Waals surface area (Å²) in [6.45, 7) is 6.25. The molecule has 0 radical (unpaired) electrons. The Morgan fingerprint density at radius 3 is 2.30 bits per heavy atom. The van der Waals surface area contributed by atoms with Crippen molar-refractivity contribution in [1.29, 1.82) is 0 Å². The van der Waals surface area contributed by atoms with Gasteiger partial charge < -0.3 is 14.8 Å². The van der Waals surface area contributed by atoms with Gasteiger partial charge >= 0.3 is 0 Å². The number of benzene rings is 2. The molecule has 0 saturated heterocycles. The van der Waals surface area contributed by atoms with Gasteiger partial charge in [0.2, 0.25) is 0 Å². The molecule has 0 aliphatic heterocycles. The van der Waals surface area contributed by atoms with Crippen LogP contribution in [0, 0.1) is 0 Å². The summed E-state index contributed by atoms with van der Waals surface area (Å²) in [5.74, 6) is 1.49. The van der Waals surface area contributed by atoms with Crippen molar-refractivity contribution in [3.63, 3.8) is 0 Å². The van der Waals surface area contributed by atoms with Crippen LogP contribution in [0.2, 0.25) is 0 Å². The Morgan fingerprint density at radius 2 is 1.59 bits per heavy atom. The summed E-state index contributed by atoms with van der Waals surface area (Å²) in [5.41, 5.74) is 3.80. The van der Waals surface area contributed by atoms with Crippen molar-refractivity contribution in [2.24, 2.45) is 0 Å². The minimum Gasteiger partial charge on any atom is -0.491 e. The van der Waals surface area contributed by atoms with Crippen LogP contribution in [0.25, 0.3) is 0 Å². The monoisotopic (exact) mass is 367 g/mol. The SMILES string of the molecule is CC(C)Oc1ccc(CNC(=O)C(C)Oc2ccc3c(c2)CCCC3)cc1. The largest absolute Gasteiger partial charge is 0.491 e. The highest BCUT2D eigenvalue weighted by atomic mass is 16.5. The number of ether oxygens (including phenoxy) is 2. The summed E-state index contributed by atoms with van der Waals surface area (Å²) < 4.78 is 11.5. The molecule has 0 heterocycles. The first kappa shape index (κ1) is 19.3. The van der Waals surface area contributed by atoms with Crippen molar-refractivity contribution in [1.82, 2.24) is 5.32 Å². The molecule has 1 unspecified atom stereocenters. The second-order valence-corrected chi connectivity index (χ2v) is 7.43. The molecule has 0 bridgehead atoms. The van der Waals surface area contributed by atoms with Gasteiger partial charge in [0.1, 0.15) is 11.5 Å². The normalized spacial score (nSPS) is 14.4. The zero-order valence-corrected chi connectivity index (χ0v) is 16.5. The van der Waals surface area contributed by atoms with Crippen LogP contribution in [0.3, 0.4) is 0 Å². The third kappa shape index (κ3) is 5.49. The number of carbonyl (C=O) groups excluding carboxylic acids is 1. The van der Waals surface area contributed by atoms with E-state index in [-0.39, 0.29) is 12.0 Å². The Morgan fingerprint density at radius 1 is 0.926 bits per heavy atom. The third-order valence-corrected chi connectivity index (χ3v) is 4.76. The molecular weight excluding hydrogens is 338 g/mol. The van der Waals surface area contributed by atoms with Gasteiger partial charge in [0.05, 0.1) is 6.10 Å². The van der Waals surface area contributed by atoms with E-state index in [9.17, 15) is 4.79 Å². The summed E-state index contributed by atoms with van der Waals surface area (Å²) >= 11 is 0. The summed E-state index contributed by atoms with van der Waals surface area (Å²) in [5, 5.41) is 2.94. The molecule has 144 valence electrons. The second kappa shape index (κ2) is 8.94. The van der Waals surface area contributed by atoms with Gasteiger partial charge in [-0.1, -0.05) is 18.2 Å². The summed E-state index contributed by atoms with van der Waals surface area (Å²) in [6.07, 6.45) is 4.35. The number of amides is 1. The second-order valence-electron chi connectivity index (χ2n) is 7.43. The van der Waals surface area contributed by atoms with Crippen LogP contribution in [0.15, 0.2) is 42.5 Å². The number of hydrogen-bond donors (Lipinski definition) is 1. The highest BCUT2D eigenvalue weighted by molar-refractivity contribution is 5.80. The summed E-state index contributed by atoms with van der Waals surface area (Å²) in [4.78, 5) is 12.4. The fourth-order valence-corrected chi connectivity index (χ4v) is 3.33. The molecule has 0 fully saturated rings. The Labute approximate surface area is 161 Å². The fourth-order valence-electron chi connectivity index (χ4n) is 3.33. The fraction of sp³-hybridized carbons (Fsp3) is 0.435. The molecule has 1 aliphatic rings. The van der Waals surface area contributed by atoms with Crippen molar-refractivity contribution >= 4 is 5.91 Å². The number of nitrogens with one attached hydrogen (secondary N) is 1. The lowest BCUT2D eigenvalue weighted by atomic mass is 9.92. The molecule has 3 rings (SSSR count). The predicted octanol–water partition coefficient (Wildman–Crippen LogP) is 4.44.